The molecule has 1 aliphatic heterocycles. The van der Waals surface area contributed by atoms with Crippen molar-refractivity contribution in [3.8, 4) is 0 Å². The molecule has 3 aliphatic rings. The maximum absolute atomic E-state index is 11.9. The zero-order valence-corrected chi connectivity index (χ0v) is 27.7. The minimum atomic E-state index is -0.237. The van der Waals surface area contributed by atoms with E-state index in [1.807, 2.05) is 0 Å². The predicted octanol–water partition coefficient (Wildman–Crippen LogP) is -11.7. The van der Waals surface area contributed by atoms with Crippen LogP contribution in [0.15, 0.2) is 0 Å². The standard InChI is InChI=1S/C24H46N6O2.2ClH.Cu.8H2O/c1-17-11-13-29(15-23(25)31)22-10-6-4-8-20(22)28-18(2)12-14-30(16-24(26)32)21-9-5-3-7-19(21)27-17;;;;;;;;;;;/h17-22,27-28H,3-16H2,1-2H3,(H2,25,31)(H2,26,32);2*1H;;8*1H2/q;;;+2;;;;;;;;/p-2/t17-,18+,19-,20+,21-,22+;;;;;;;;;;;. The van der Waals surface area contributed by atoms with E-state index >= 15 is 0 Å². The number of hydrogen-bond donors (Lipinski definition) is 4. The number of primary amides is 2. The fraction of sp³-hybridized carbons (Fsp3) is 0.917. The monoisotopic (exact) mass is 727 g/mol. The average Bonchev–Trinajstić information content (AvgIpc) is 2.74. The fourth-order valence-electron chi connectivity index (χ4n) is 6.23. The summed E-state index contributed by atoms with van der Waals surface area (Å²) in [5, 5.41) is 7.76. The van der Waals surface area contributed by atoms with E-state index in [1.54, 1.807) is 0 Å². The molecule has 6 atom stereocenters. The smallest absolute Gasteiger partial charge is 1.00 e. The molecular formula is C24H62Cl2CuN6O10. The second-order valence-electron chi connectivity index (χ2n) is 10.5. The summed E-state index contributed by atoms with van der Waals surface area (Å²) >= 11 is 0. The van der Waals surface area contributed by atoms with Crippen molar-refractivity contribution in [2.24, 2.45) is 11.5 Å². The first-order chi connectivity index (χ1) is 15.3. The van der Waals surface area contributed by atoms with Gasteiger partial charge in [-0.2, -0.15) is 0 Å². The van der Waals surface area contributed by atoms with Crippen LogP contribution in [0.4, 0.5) is 0 Å². The first-order valence-electron chi connectivity index (χ1n) is 12.9. The number of nitrogens with two attached hydrogens (primary N) is 2. The summed E-state index contributed by atoms with van der Waals surface area (Å²) in [5.74, 6) is -0.475. The predicted molar refractivity (Wildman–Crippen MR) is 157 cm³/mol. The van der Waals surface area contributed by atoms with Crippen molar-refractivity contribution in [1.29, 1.82) is 0 Å². The molecule has 22 N–H and O–H groups in total. The van der Waals surface area contributed by atoms with E-state index in [2.05, 4.69) is 34.3 Å². The number of halogens is 2. The SMILES string of the molecule is C[C@@H]1CCN(CC(N)=O)[C@H]2CCCC[C@@H]2N[C@@H](C)CCN(CC(N)=O)[C@@H]2CCCC[C@H]2N1.O.O.O.O.O.O.O.O.[Cl-].[Cl-].[Cu+2]. The molecule has 1 saturated heterocycles. The van der Waals surface area contributed by atoms with Crippen molar-refractivity contribution >= 4 is 11.8 Å². The molecule has 1 radical (unpaired) electrons. The van der Waals surface area contributed by atoms with Gasteiger partial charge in [0.15, 0.2) is 0 Å². The van der Waals surface area contributed by atoms with E-state index in [0.29, 0.717) is 49.3 Å². The molecular weight excluding hydrogens is 667 g/mol. The molecule has 273 valence electrons. The molecule has 0 unspecified atom stereocenters. The van der Waals surface area contributed by atoms with Gasteiger partial charge < -0.3 is 90.7 Å². The maximum Gasteiger partial charge on any atom is 2.00 e. The normalized spacial score (nSPS) is 27.1. The van der Waals surface area contributed by atoms with E-state index in [-0.39, 0.29) is 97.5 Å². The Hall–Kier alpha value is -0.441. The molecule has 0 aromatic carbocycles. The molecule has 0 bridgehead atoms. The van der Waals surface area contributed by atoms with Gasteiger partial charge in [0.1, 0.15) is 0 Å². The minimum absolute atomic E-state index is 0. The Kier molecular flexibility index (Phi) is 50.0. The number of nitrogens with one attached hydrogen (secondary N) is 2. The van der Waals surface area contributed by atoms with Crippen LogP contribution in [0.5, 0.6) is 0 Å². The summed E-state index contributed by atoms with van der Waals surface area (Å²) < 4.78 is 0. The molecule has 19 heteroatoms. The van der Waals surface area contributed by atoms with Crippen molar-refractivity contribution in [3.05, 3.63) is 0 Å². The van der Waals surface area contributed by atoms with Gasteiger partial charge in [-0.1, -0.05) is 25.7 Å². The van der Waals surface area contributed by atoms with Crippen LogP contribution in [0.25, 0.3) is 0 Å². The molecule has 16 nitrogen and oxygen atoms in total. The summed E-state index contributed by atoms with van der Waals surface area (Å²) in [6.45, 7) is 6.91. The van der Waals surface area contributed by atoms with Crippen molar-refractivity contribution in [3.63, 3.8) is 0 Å². The van der Waals surface area contributed by atoms with Crippen molar-refractivity contribution < 1.29 is 95.3 Å². The molecule has 3 rings (SSSR count). The molecule has 0 aromatic rings. The Balaban J connectivity index is -0.000000150. The van der Waals surface area contributed by atoms with Crippen LogP contribution in [0.1, 0.15) is 78.1 Å². The third-order valence-electron chi connectivity index (χ3n) is 7.81. The van der Waals surface area contributed by atoms with Crippen LogP contribution >= 0.6 is 0 Å². The Morgan fingerprint density at radius 2 is 0.860 bits per heavy atom. The Morgan fingerprint density at radius 3 is 1.14 bits per heavy atom. The summed E-state index contributed by atoms with van der Waals surface area (Å²) in [7, 11) is 0. The molecule has 2 aliphatic carbocycles. The quantitative estimate of drug-likeness (QED) is 0.203. The Bertz CT molecular complexity index is 605. The zero-order valence-electron chi connectivity index (χ0n) is 25.3. The number of amides is 2. The van der Waals surface area contributed by atoms with Crippen LogP contribution < -0.4 is 46.9 Å². The zero-order chi connectivity index (χ0) is 23.1. The number of carbonyl (C=O) groups is 2. The summed E-state index contributed by atoms with van der Waals surface area (Å²) in [6.07, 6.45) is 11.3. The van der Waals surface area contributed by atoms with Crippen LogP contribution in [-0.4, -0.2) is 128 Å². The molecule has 2 amide bonds. The first kappa shape index (κ1) is 65.3. The van der Waals surface area contributed by atoms with Crippen LogP contribution in [-0.2, 0) is 26.7 Å². The van der Waals surface area contributed by atoms with Gasteiger partial charge in [-0.15, -0.1) is 0 Å². The van der Waals surface area contributed by atoms with E-state index < -0.39 is 0 Å². The number of nitrogens with zero attached hydrogens (tertiary/aromatic N) is 2. The second kappa shape index (κ2) is 32.9. The molecule has 0 spiro atoms. The van der Waals surface area contributed by atoms with E-state index in [4.69, 9.17) is 11.5 Å². The molecule has 3 fully saturated rings. The maximum atomic E-state index is 11.9. The van der Waals surface area contributed by atoms with Crippen LogP contribution in [0.3, 0.4) is 0 Å². The number of hydrogen-bond acceptors (Lipinski definition) is 6. The third kappa shape index (κ3) is 21.1. The average molecular weight is 729 g/mol. The van der Waals surface area contributed by atoms with Gasteiger partial charge in [0.05, 0.1) is 13.1 Å². The van der Waals surface area contributed by atoms with Gasteiger partial charge in [-0.05, 0) is 52.4 Å². The van der Waals surface area contributed by atoms with Crippen molar-refractivity contribution in [2.75, 3.05) is 26.2 Å². The summed E-state index contributed by atoms with van der Waals surface area (Å²) in [5.41, 5.74) is 11.3. The second-order valence-corrected chi connectivity index (χ2v) is 10.5. The van der Waals surface area contributed by atoms with Gasteiger partial charge in [-0.25, -0.2) is 0 Å². The number of carbonyl (C=O) groups excluding carboxylic acids is 2. The van der Waals surface area contributed by atoms with Crippen molar-refractivity contribution in [1.82, 2.24) is 20.4 Å². The Labute approximate surface area is 278 Å². The van der Waals surface area contributed by atoms with E-state index in [1.165, 1.54) is 25.7 Å². The van der Waals surface area contributed by atoms with Gasteiger partial charge in [0.25, 0.3) is 0 Å². The fourth-order valence-corrected chi connectivity index (χ4v) is 6.23. The van der Waals surface area contributed by atoms with Crippen LogP contribution in [0, 0.1) is 0 Å². The van der Waals surface area contributed by atoms with Gasteiger partial charge in [-0.3, -0.25) is 19.4 Å². The third-order valence-corrected chi connectivity index (χ3v) is 7.81. The number of rotatable bonds is 4. The molecule has 43 heavy (non-hydrogen) atoms. The van der Waals surface area contributed by atoms with Crippen molar-refractivity contribution in [2.45, 2.75) is 114 Å². The Morgan fingerprint density at radius 1 is 0.581 bits per heavy atom. The topological polar surface area (TPSA) is 369 Å². The summed E-state index contributed by atoms with van der Waals surface area (Å²) in [6, 6.07) is 2.11. The van der Waals surface area contributed by atoms with Crippen LogP contribution in [0.2, 0.25) is 0 Å². The molecule has 0 aromatic heterocycles. The minimum Gasteiger partial charge on any atom is -1.00 e. The van der Waals surface area contributed by atoms with E-state index in [0.717, 1.165) is 51.6 Å². The van der Waals surface area contributed by atoms with Gasteiger partial charge >= 0.3 is 17.1 Å². The van der Waals surface area contributed by atoms with Gasteiger partial charge in [0, 0.05) is 49.3 Å². The number of fused-ring (bicyclic) bond motifs is 2. The summed E-state index contributed by atoms with van der Waals surface area (Å²) in [4.78, 5) is 28.4. The largest absolute Gasteiger partial charge is 2.00 e. The van der Waals surface area contributed by atoms with E-state index in [9.17, 15) is 9.59 Å². The first-order valence-corrected chi connectivity index (χ1v) is 12.9. The molecule has 2 saturated carbocycles. The van der Waals surface area contributed by atoms with Gasteiger partial charge in [0.2, 0.25) is 11.8 Å². The molecule has 1 heterocycles.